The number of fused-ring (bicyclic) bond motifs is 1. The van der Waals surface area contributed by atoms with E-state index in [1.54, 1.807) is 12.4 Å². The Hall–Kier alpha value is -2.04. The van der Waals surface area contributed by atoms with Crippen LogP contribution in [0.2, 0.25) is 0 Å². The number of phenols is 1. The van der Waals surface area contributed by atoms with E-state index in [0.717, 1.165) is 48.1 Å². The Balaban J connectivity index is 2.04. The van der Waals surface area contributed by atoms with Crippen LogP contribution < -0.4 is 9.84 Å². The van der Waals surface area contributed by atoms with Crippen molar-refractivity contribution in [2.45, 2.75) is 77.9 Å². The van der Waals surface area contributed by atoms with Crippen LogP contribution in [0.1, 0.15) is 70.6 Å². The summed E-state index contributed by atoms with van der Waals surface area (Å²) in [7, 11) is -3.56. The summed E-state index contributed by atoms with van der Waals surface area (Å²) in [5.41, 5.74) is 3.22. The van der Waals surface area contributed by atoms with Gasteiger partial charge in [-0.2, -0.15) is 0 Å². The maximum Gasteiger partial charge on any atom is 0.401 e. The van der Waals surface area contributed by atoms with E-state index in [2.05, 4.69) is 31.1 Å². The number of benzene rings is 1. The topological polar surface area (TPSA) is 80.7 Å². The first-order valence-corrected chi connectivity index (χ1v) is 12.8. The molecule has 31 heavy (non-hydrogen) atoms. The molecule has 1 heterocycles. The average molecular weight is 447 g/mol. The molecule has 2 unspecified atom stereocenters. The van der Waals surface area contributed by atoms with Crippen LogP contribution in [0.4, 0.5) is 5.69 Å². The number of hydrogen-bond donors (Lipinski definition) is 2. The first-order valence-electron chi connectivity index (χ1n) is 11.2. The van der Waals surface area contributed by atoms with E-state index in [1.165, 1.54) is 0 Å². The van der Waals surface area contributed by atoms with Gasteiger partial charge in [0.15, 0.2) is 0 Å². The van der Waals surface area contributed by atoms with Crippen molar-refractivity contribution in [3.63, 3.8) is 0 Å². The van der Waals surface area contributed by atoms with Gasteiger partial charge in [0.2, 0.25) is 0 Å². The van der Waals surface area contributed by atoms with E-state index < -0.39 is 13.4 Å². The van der Waals surface area contributed by atoms with E-state index in [0.29, 0.717) is 17.9 Å². The van der Waals surface area contributed by atoms with Crippen LogP contribution in [-0.4, -0.2) is 22.5 Å². The van der Waals surface area contributed by atoms with Gasteiger partial charge in [-0.15, -0.1) is 0 Å². The summed E-state index contributed by atoms with van der Waals surface area (Å²) in [6, 6.07) is 5.53. The van der Waals surface area contributed by atoms with Crippen molar-refractivity contribution in [1.82, 2.24) is 4.98 Å². The molecule has 3 rings (SSSR count). The number of nitrogens with one attached hydrogen (secondary N) is 1. The predicted octanol–water partition coefficient (Wildman–Crippen LogP) is 6.42. The van der Waals surface area contributed by atoms with Gasteiger partial charge in [0.1, 0.15) is 17.3 Å². The molecule has 0 amide bonds. The number of phenolic OH excluding ortho intramolecular Hbond substituents is 1. The van der Waals surface area contributed by atoms with Gasteiger partial charge in [0.25, 0.3) is 0 Å². The second-order valence-corrected chi connectivity index (χ2v) is 11.2. The standard InChI is InChI=1S/C24H35N2O4P/c1-6-22(26-17-12-14-25-15-13-17)31(28,29-7-2)30-21-16-20(24(3,4)5)23(27)19-11-9-8-10-18(19)21/h12-16,22,27H,6-11H2,1-5H3,(H,25,26). The van der Waals surface area contributed by atoms with Gasteiger partial charge in [0.05, 0.1) is 6.61 Å². The van der Waals surface area contributed by atoms with E-state index in [-0.39, 0.29) is 12.0 Å². The summed E-state index contributed by atoms with van der Waals surface area (Å²) >= 11 is 0. The molecule has 0 fully saturated rings. The van der Waals surface area contributed by atoms with Gasteiger partial charge in [-0.25, -0.2) is 4.57 Å². The summed E-state index contributed by atoms with van der Waals surface area (Å²) in [5.74, 6) is 0.410. The van der Waals surface area contributed by atoms with Crippen molar-refractivity contribution in [2.24, 2.45) is 0 Å². The minimum atomic E-state index is -3.56. The van der Waals surface area contributed by atoms with Crippen molar-refractivity contribution in [3.05, 3.63) is 47.3 Å². The lowest BCUT2D eigenvalue weighted by Gasteiger charge is -2.31. The molecule has 1 aliphatic rings. The zero-order valence-corrected chi connectivity index (χ0v) is 20.2. The summed E-state index contributed by atoms with van der Waals surface area (Å²) in [6.45, 7) is 10.2. The van der Waals surface area contributed by atoms with Gasteiger partial charge < -0.3 is 14.9 Å². The van der Waals surface area contributed by atoms with E-state index in [1.807, 2.05) is 32.0 Å². The van der Waals surface area contributed by atoms with Gasteiger partial charge in [-0.3, -0.25) is 9.51 Å². The number of rotatable bonds is 8. The second-order valence-electron chi connectivity index (χ2n) is 9.04. The highest BCUT2D eigenvalue weighted by Gasteiger charge is 2.38. The lowest BCUT2D eigenvalue weighted by atomic mass is 9.80. The second kappa shape index (κ2) is 9.62. The van der Waals surface area contributed by atoms with E-state index >= 15 is 0 Å². The number of aromatic nitrogens is 1. The third kappa shape index (κ3) is 5.24. The molecule has 0 spiro atoms. The van der Waals surface area contributed by atoms with Crippen molar-refractivity contribution < 1.29 is 18.7 Å². The summed E-state index contributed by atoms with van der Waals surface area (Å²) in [4.78, 5) is 4.04. The minimum Gasteiger partial charge on any atom is -0.507 e. The molecule has 7 heteroatoms. The molecule has 0 aliphatic heterocycles. The summed E-state index contributed by atoms with van der Waals surface area (Å²) in [5, 5.41) is 14.3. The maximum absolute atomic E-state index is 14.1. The molecule has 2 atom stereocenters. The van der Waals surface area contributed by atoms with Crippen LogP contribution in [0.25, 0.3) is 0 Å². The molecular weight excluding hydrogens is 411 g/mol. The first-order chi connectivity index (χ1) is 14.7. The normalized spacial score (nSPS) is 16.8. The SMILES string of the molecule is CCOP(=O)(Oc1cc(C(C)(C)C)c(O)c2c1CCCC2)C(CC)Nc1ccncc1. The van der Waals surface area contributed by atoms with Crippen molar-refractivity contribution in [1.29, 1.82) is 0 Å². The molecule has 170 valence electrons. The highest BCUT2D eigenvalue weighted by molar-refractivity contribution is 7.55. The van der Waals surface area contributed by atoms with Crippen molar-refractivity contribution in [3.8, 4) is 11.5 Å². The lowest BCUT2D eigenvalue weighted by Crippen LogP contribution is -2.24. The monoisotopic (exact) mass is 446 g/mol. The Kier molecular flexibility index (Phi) is 7.33. The molecule has 0 saturated carbocycles. The molecule has 0 radical (unpaired) electrons. The van der Waals surface area contributed by atoms with Crippen LogP contribution in [0, 0.1) is 0 Å². The highest BCUT2D eigenvalue weighted by atomic mass is 31.2. The number of hydrogen-bond acceptors (Lipinski definition) is 6. The third-order valence-electron chi connectivity index (χ3n) is 5.71. The van der Waals surface area contributed by atoms with Gasteiger partial charge >= 0.3 is 7.60 Å². The Morgan fingerprint density at radius 1 is 1.16 bits per heavy atom. The summed E-state index contributed by atoms with van der Waals surface area (Å²) < 4.78 is 26.2. The van der Waals surface area contributed by atoms with Crippen molar-refractivity contribution >= 4 is 13.3 Å². The molecule has 2 aromatic rings. The molecule has 0 saturated heterocycles. The molecule has 6 nitrogen and oxygen atoms in total. The molecule has 1 aromatic carbocycles. The minimum absolute atomic E-state index is 0.274. The van der Waals surface area contributed by atoms with Crippen LogP contribution >= 0.6 is 7.60 Å². The first kappa shape index (κ1) is 23.6. The number of aromatic hydroxyl groups is 1. The Morgan fingerprint density at radius 2 is 1.81 bits per heavy atom. The van der Waals surface area contributed by atoms with Crippen molar-refractivity contribution in [2.75, 3.05) is 11.9 Å². The number of anilines is 1. The van der Waals surface area contributed by atoms with Crippen LogP contribution in [0.3, 0.4) is 0 Å². The van der Waals surface area contributed by atoms with E-state index in [9.17, 15) is 9.67 Å². The zero-order chi connectivity index (χ0) is 22.6. The number of pyridine rings is 1. The lowest BCUT2D eigenvalue weighted by molar-refractivity contribution is 0.270. The third-order valence-corrected chi connectivity index (χ3v) is 8.03. The summed E-state index contributed by atoms with van der Waals surface area (Å²) in [6.07, 6.45) is 7.57. The van der Waals surface area contributed by atoms with Gasteiger partial charge in [0, 0.05) is 34.8 Å². The Labute approximate surface area is 185 Å². The predicted molar refractivity (Wildman–Crippen MR) is 125 cm³/mol. The number of nitrogens with zero attached hydrogens (tertiary/aromatic N) is 1. The van der Waals surface area contributed by atoms with Gasteiger partial charge in [-0.1, -0.05) is 27.7 Å². The fourth-order valence-corrected chi connectivity index (χ4v) is 5.99. The fraction of sp³-hybridized carbons (Fsp3) is 0.542. The molecule has 1 aromatic heterocycles. The van der Waals surface area contributed by atoms with Crippen LogP contribution in [0.5, 0.6) is 11.5 Å². The Morgan fingerprint density at radius 3 is 2.39 bits per heavy atom. The zero-order valence-electron chi connectivity index (χ0n) is 19.3. The van der Waals surface area contributed by atoms with Gasteiger partial charge in [-0.05, 0) is 62.6 Å². The highest BCUT2D eigenvalue weighted by Crippen LogP contribution is 2.56. The molecule has 2 N–H and O–H groups in total. The average Bonchev–Trinajstić information content (AvgIpc) is 2.74. The van der Waals surface area contributed by atoms with E-state index in [4.69, 9.17) is 9.05 Å². The smallest absolute Gasteiger partial charge is 0.401 e. The molecular formula is C24H35N2O4P. The fourth-order valence-electron chi connectivity index (χ4n) is 4.08. The van der Waals surface area contributed by atoms with Crippen LogP contribution in [0.15, 0.2) is 30.6 Å². The maximum atomic E-state index is 14.1. The Bertz CT molecular complexity index is 941. The molecule has 1 aliphatic carbocycles. The van der Waals surface area contributed by atoms with Crippen LogP contribution in [-0.2, 0) is 27.3 Å². The largest absolute Gasteiger partial charge is 0.507 e. The molecule has 0 bridgehead atoms. The quantitative estimate of drug-likeness (QED) is 0.456.